The number of nitrogens with zero attached hydrogens (tertiary/aromatic N) is 4. The summed E-state index contributed by atoms with van der Waals surface area (Å²) in [6.07, 6.45) is 5.53. The van der Waals surface area contributed by atoms with Crippen LogP contribution in [0.3, 0.4) is 0 Å². The summed E-state index contributed by atoms with van der Waals surface area (Å²) in [5.41, 5.74) is 4.73. The van der Waals surface area contributed by atoms with Crippen LogP contribution in [0.25, 0.3) is 22.2 Å². The van der Waals surface area contributed by atoms with Gasteiger partial charge in [0.2, 0.25) is 0 Å². The normalized spacial score (nSPS) is 19.4. The van der Waals surface area contributed by atoms with Gasteiger partial charge in [-0.15, -0.1) is 0 Å². The number of rotatable bonds is 8. The summed E-state index contributed by atoms with van der Waals surface area (Å²) in [5, 5.41) is 1.88. The fourth-order valence-corrected chi connectivity index (χ4v) is 6.46. The van der Waals surface area contributed by atoms with Crippen LogP contribution >= 0.6 is 23.0 Å². The Morgan fingerprint density at radius 3 is 2.61 bits per heavy atom. The molecule has 41 heavy (non-hydrogen) atoms. The topological polar surface area (TPSA) is 91.2 Å². The zero-order valence-corrected chi connectivity index (χ0v) is 25.7. The first-order valence-corrected chi connectivity index (χ1v) is 14.7. The highest BCUT2D eigenvalue weighted by Crippen LogP contribution is 2.47. The van der Waals surface area contributed by atoms with Crippen molar-refractivity contribution in [3.8, 4) is 16.9 Å². The van der Waals surface area contributed by atoms with E-state index in [0.717, 1.165) is 45.7 Å². The molecule has 2 bridgehead atoms. The maximum absolute atomic E-state index is 13.2. The highest BCUT2D eigenvalue weighted by Gasteiger charge is 2.42. The molecular weight excluding hydrogens is 627 g/mol. The number of halogens is 1. The van der Waals surface area contributed by atoms with E-state index in [0.29, 0.717) is 24.2 Å². The summed E-state index contributed by atoms with van der Waals surface area (Å²) in [5.74, 6) is 2.14. The second-order valence-corrected chi connectivity index (χ2v) is 12.0. The van der Waals surface area contributed by atoms with Crippen LogP contribution in [-0.4, -0.2) is 52.6 Å². The fraction of sp³-hybridized carbons (Fsp3) is 0.400. The van der Waals surface area contributed by atoms with Crippen molar-refractivity contribution in [1.82, 2.24) is 24.8 Å². The number of fused-ring (bicyclic) bond motifs is 9. The highest BCUT2D eigenvalue weighted by atomic mass is 127. The van der Waals surface area contributed by atoms with Gasteiger partial charge in [0.1, 0.15) is 56.1 Å². The SMILES string of the molecule is [B]C([B])(OI)C(C)(CC)Cc1ncc(-c2ccc3nc4n(c3c2)[C@@H]2CC4NC(=O)c3cccc(OC(C)C)c32)cn1. The monoisotopic (exact) mass is 657 g/mol. The fourth-order valence-electron chi connectivity index (χ4n) is 5.92. The molecule has 2 aromatic carbocycles. The molecular formula is C30H30B2IN5O3. The Balaban J connectivity index is 1.38. The minimum absolute atomic E-state index is 0.0194. The van der Waals surface area contributed by atoms with Gasteiger partial charge in [0.15, 0.2) is 0 Å². The molecule has 2 aliphatic rings. The third-order valence-corrected chi connectivity index (χ3v) is 9.28. The van der Waals surface area contributed by atoms with Gasteiger partial charge < -0.3 is 17.7 Å². The van der Waals surface area contributed by atoms with Crippen molar-refractivity contribution in [2.24, 2.45) is 5.41 Å². The molecule has 4 heterocycles. The molecule has 1 N–H and O–H groups in total. The van der Waals surface area contributed by atoms with Crippen molar-refractivity contribution < 1.29 is 12.6 Å². The standard InChI is InChI=1S/C30H30B2IN5O3/c1-5-29(4,30(31,32)41-33)13-25-34-14-18(15-35-25)17-9-10-20-22(11-17)38-23-12-21(27(38)36-20)37-28(39)19-7-6-8-24(26(19)23)40-16(2)3/h6-11,14-16,21,23H,5,12-13H2,1-4H3,(H,37,39)/t21?,23-,29?/m1/s1. The number of carbonyl (C=O) groups is 1. The molecule has 0 aliphatic carbocycles. The first kappa shape index (κ1) is 28.2. The Morgan fingerprint density at radius 2 is 1.93 bits per heavy atom. The van der Waals surface area contributed by atoms with Gasteiger partial charge in [0.25, 0.3) is 5.91 Å². The predicted molar refractivity (Wildman–Crippen MR) is 167 cm³/mol. The van der Waals surface area contributed by atoms with Gasteiger partial charge >= 0.3 is 0 Å². The number of amides is 1. The van der Waals surface area contributed by atoms with Gasteiger partial charge in [-0.05, 0) is 61.9 Å². The molecule has 0 spiro atoms. The smallest absolute Gasteiger partial charge is 0.252 e. The van der Waals surface area contributed by atoms with Crippen LogP contribution in [0.4, 0.5) is 0 Å². The quantitative estimate of drug-likeness (QED) is 0.203. The Hall–Kier alpha value is -2.92. The average molecular weight is 657 g/mol. The second-order valence-electron chi connectivity index (χ2n) is 11.6. The van der Waals surface area contributed by atoms with Crippen LogP contribution in [0.1, 0.15) is 80.2 Å². The van der Waals surface area contributed by atoms with E-state index in [4.69, 9.17) is 28.5 Å². The highest BCUT2D eigenvalue weighted by molar-refractivity contribution is 14.1. The Labute approximate surface area is 256 Å². The van der Waals surface area contributed by atoms with Crippen LogP contribution in [0.2, 0.25) is 0 Å². The average Bonchev–Trinajstić information content (AvgIpc) is 3.45. The van der Waals surface area contributed by atoms with Crippen molar-refractivity contribution in [1.29, 1.82) is 0 Å². The van der Waals surface area contributed by atoms with E-state index in [1.54, 1.807) is 23.0 Å². The number of nitrogens with one attached hydrogen (secondary N) is 1. The molecule has 6 rings (SSSR count). The molecule has 206 valence electrons. The number of hydrogen-bond donors (Lipinski definition) is 1. The van der Waals surface area contributed by atoms with Crippen molar-refractivity contribution >= 4 is 55.6 Å². The summed E-state index contributed by atoms with van der Waals surface area (Å²) in [6, 6.07) is 11.6. The van der Waals surface area contributed by atoms with Crippen LogP contribution in [0.5, 0.6) is 5.75 Å². The van der Waals surface area contributed by atoms with Crippen LogP contribution < -0.4 is 10.1 Å². The third kappa shape index (κ3) is 4.74. The molecule has 0 saturated carbocycles. The van der Waals surface area contributed by atoms with Crippen molar-refractivity contribution in [2.45, 2.75) is 70.5 Å². The van der Waals surface area contributed by atoms with Crippen molar-refractivity contribution in [3.63, 3.8) is 0 Å². The summed E-state index contributed by atoms with van der Waals surface area (Å²) in [4.78, 5) is 27.4. The number of imidazole rings is 1. The summed E-state index contributed by atoms with van der Waals surface area (Å²) in [7, 11) is 12.5. The van der Waals surface area contributed by atoms with Gasteiger partial charge in [-0.1, -0.05) is 26.0 Å². The van der Waals surface area contributed by atoms with Crippen molar-refractivity contribution in [2.75, 3.05) is 0 Å². The first-order valence-electron chi connectivity index (χ1n) is 13.9. The van der Waals surface area contributed by atoms with E-state index in [2.05, 4.69) is 25.9 Å². The molecule has 0 fully saturated rings. The van der Waals surface area contributed by atoms with E-state index < -0.39 is 10.8 Å². The Morgan fingerprint density at radius 1 is 1.17 bits per heavy atom. The number of carbonyl (C=O) groups excluding carboxylic acids is 1. The summed E-state index contributed by atoms with van der Waals surface area (Å²) < 4.78 is 13.8. The van der Waals surface area contributed by atoms with Gasteiger partial charge in [0.05, 0.1) is 29.2 Å². The van der Waals surface area contributed by atoms with Gasteiger partial charge in [-0.25, -0.2) is 15.0 Å². The van der Waals surface area contributed by atoms with Crippen LogP contribution in [0.15, 0.2) is 48.8 Å². The molecule has 11 heteroatoms. The molecule has 2 unspecified atom stereocenters. The third-order valence-electron chi connectivity index (χ3n) is 8.55. The number of hydrogen-bond acceptors (Lipinski definition) is 6. The molecule has 3 atom stereocenters. The van der Waals surface area contributed by atoms with Gasteiger partial charge in [0, 0.05) is 40.9 Å². The Kier molecular flexibility index (Phi) is 7.17. The Bertz CT molecular complexity index is 1640. The van der Waals surface area contributed by atoms with E-state index in [1.807, 2.05) is 70.4 Å². The second kappa shape index (κ2) is 10.4. The van der Waals surface area contributed by atoms with Crippen molar-refractivity contribution in [3.05, 3.63) is 71.6 Å². The molecule has 4 aromatic rings. The maximum atomic E-state index is 13.2. The number of aromatic nitrogens is 4. The zero-order valence-electron chi connectivity index (χ0n) is 23.5. The molecule has 2 aromatic heterocycles. The minimum Gasteiger partial charge on any atom is -0.491 e. The lowest BCUT2D eigenvalue weighted by Gasteiger charge is -2.42. The van der Waals surface area contributed by atoms with Gasteiger partial charge in [-0.2, -0.15) is 0 Å². The lowest BCUT2D eigenvalue weighted by Crippen LogP contribution is -2.49. The summed E-state index contributed by atoms with van der Waals surface area (Å²) in [6.45, 7) is 7.99. The van der Waals surface area contributed by atoms with E-state index >= 15 is 0 Å². The van der Waals surface area contributed by atoms with Crippen LogP contribution in [-0.2, 0) is 9.49 Å². The van der Waals surface area contributed by atoms with E-state index in [-0.39, 0.29) is 24.1 Å². The van der Waals surface area contributed by atoms with Crippen LogP contribution in [0, 0.1) is 5.41 Å². The molecule has 8 nitrogen and oxygen atoms in total. The van der Waals surface area contributed by atoms with E-state index in [9.17, 15) is 4.79 Å². The molecule has 0 saturated heterocycles. The lowest BCUT2D eigenvalue weighted by molar-refractivity contribution is 0.0938. The number of ether oxygens (including phenoxy) is 1. The zero-order chi connectivity index (χ0) is 29.1. The largest absolute Gasteiger partial charge is 0.491 e. The minimum atomic E-state index is -1.31. The molecule has 1 amide bonds. The molecule has 2 aliphatic heterocycles. The van der Waals surface area contributed by atoms with Gasteiger partial charge in [-0.3, -0.25) is 4.79 Å². The first-order chi connectivity index (χ1) is 19.5. The molecule has 4 radical (unpaired) electrons. The van der Waals surface area contributed by atoms with E-state index in [1.165, 1.54) is 0 Å². The number of benzene rings is 2. The predicted octanol–water partition coefficient (Wildman–Crippen LogP) is 5.37. The summed E-state index contributed by atoms with van der Waals surface area (Å²) >= 11 is 1.75. The lowest BCUT2D eigenvalue weighted by atomic mass is 9.49. The maximum Gasteiger partial charge on any atom is 0.252 e.